The lowest BCUT2D eigenvalue weighted by Gasteiger charge is -2.28. The van der Waals surface area contributed by atoms with Crippen LogP contribution in [0.25, 0.3) is 77.2 Å². The molecule has 0 aliphatic heterocycles. The van der Waals surface area contributed by atoms with E-state index in [0.29, 0.717) is 0 Å². The first-order valence-corrected chi connectivity index (χ1v) is 18.4. The number of nitrogens with zero attached hydrogens (tertiary/aromatic N) is 1. The van der Waals surface area contributed by atoms with E-state index in [0.717, 1.165) is 66.5 Å². The van der Waals surface area contributed by atoms with Gasteiger partial charge in [-0.05, 0) is 104 Å². The van der Waals surface area contributed by atoms with Crippen molar-refractivity contribution in [1.82, 2.24) is 0 Å². The molecule has 0 radical (unpaired) electrons. The average molecular weight is 690 g/mol. The van der Waals surface area contributed by atoms with Crippen molar-refractivity contribution >= 4 is 49.8 Å². The van der Waals surface area contributed by atoms with Gasteiger partial charge in [0.1, 0.15) is 11.2 Å². The summed E-state index contributed by atoms with van der Waals surface area (Å²) < 4.78 is 6.71. The summed E-state index contributed by atoms with van der Waals surface area (Å²) in [6.45, 7) is 0. The minimum Gasteiger partial charge on any atom is -0.455 e. The van der Waals surface area contributed by atoms with E-state index in [1.807, 2.05) is 0 Å². The molecule has 0 aliphatic rings. The largest absolute Gasteiger partial charge is 0.455 e. The monoisotopic (exact) mass is 689 g/mol. The van der Waals surface area contributed by atoms with Gasteiger partial charge in [0.25, 0.3) is 0 Å². The zero-order chi connectivity index (χ0) is 35.8. The lowest BCUT2D eigenvalue weighted by molar-refractivity contribution is 0.672. The van der Waals surface area contributed by atoms with Crippen molar-refractivity contribution in [3.8, 4) is 44.5 Å². The maximum absolute atomic E-state index is 6.71. The summed E-state index contributed by atoms with van der Waals surface area (Å²) in [5.41, 5.74) is 14.4. The first-order valence-electron chi connectivity index (χ1n) is 18.4. The molecule has 9 aromatic carbocycles. The Bertz CT molecular complexity index is 2850. The highest BCUT2D eigenvalue weighted by atomic mass is 16.3. The molecule has 2 heteroatoms. The zero-order valence-corrected chi connectivity index (χ0v) is 29.6. The molecule has 1 heterocycles. The predicted molar refractivity (Wildman–Crippen MR) is 228 cm³/mol. The molecule has 0 N–H and O–H groups in total. The van der Waals surface area contributed by atoms with Crippen LogP contribution in [0.4, 0.5) is 17.1 Å². The van der Waals surface area contributed by atoms with Gasteiger partial charge in [-0.15, -0.1) is 0 Å². The van der Waals surface area contributed by atoms with Crippen LogP contribution in [0.5, 0.6) is 0 Å². The van der Waals surface area contributed by atoms with Crippen LogP contribution in [-0.2, 0) is 0 Å². The predicted octanol–water partition coefficient (Wildman–Crippen LogP) is 14.9. The molecule has 0 spiro atoms. The second-order valence-corrected chi connectivity index (χ2v) is 13.7. The summed E-state index contributed by atoms with van der Waals surface area (Å²) in [4.78, 5) is 2.40. The van der Waals surface area contributed by atoms with Gasteiger partial charge in [0, 0.05) is 22.1 Å². The standard InChI is InChI=1S/C52H35NO/c1-4-14-36(15-5-1)41-21-12-22-42(32-41)39-26-29-45(30-27-39)53(46-34-43(37-16-6-2-7-17-37)33-44(35-46)38-18-8-3-9-19-38)49-24-13-25-50-51(49)48-31-28-40-20-10-11-23-47(40)52(48)54-50/h1-35H. The molecular formula is C52H35NO. The second-order valence-electron chi connectivity index (χ2n) is 13.7. The molecule has 2 nitrogen and oxygen atoms in total. The number of hydrogen-bond donors (Lipinski definition) is 0. The zero-order valence-electron chi connectivity index (χ0n) is 29.6. The summed E-state index contributed by atoms with van der Waals surface area (Å²) in [5, 5.41) is 4.46. The first kappa shape index (κ1) is 31.6. The van der Waals surface area contributed by atoms with E-state index in [9.17, 15) is 0 Å². The van der Waals surface area contributed by atoms with Crippen molar-refractivity contribution < 1.29 is 4.42 Å². The Balaban J connectivity index is 1.19. The maximum Gasteiger partial charge on any atom is 0.143 e. The number of benzene rings is 9. The minimum atomic E-state index is 0.862. The van der Waals surface area contributed by atoms with Crippen LogP contribution >= 0.6 is 0 Å². The van der Waals surface area contributed by atoms with Crippen LogP contribution < -0.4 is 4.90 Å². The first-order chi connectivity index (χ1) is 26.8. The van der Waals surface area contributed by atoms with E-state index >= 15 is 0 Å². The third-order valence-corrected chi connectivity index (χ3v) is 10.4. The Morgan fingerprint density at radius 3 is 1.48 bits per heavy atom. The molecule has 254 valence electrons. The van der Waals surface area contributed by atoms with Crippen LogP contribution in [0.2, 0.25) is 0 Å². The highest BCUT2D eigenvalue weighted by Gasteiger charge is 2.22. The molecule has 10 rings (SSSR count). The van der Waals surface area contributed by atoms with Gasteiger partial charge in [-0.25, -0.2) is 0 Å². The average Bonchev–Trinajstić information content (AvgIpc) is 3.65. The van der Waals surface area contributed by atoms with Gasteiger partial charge in [0.2, 0.25) is 0 Å². The molecule has 1 aromatic heterocycles. The Morgan fingerprint density at radius 1 is 0.315 bits per heavy atom. The van der Waals surface area contributed by atoms with E-state index in [2.05, 4.69) is 217 Å². The number of hydrogen-bond acceptors (Lipinski definition) is 2. The van der Waals surface area contributed by atoms with Crippen LogP contribution in [0.1, 0.15) is 0 Å². The lowest BCUT2D eigenvalue weighted by atomic mass is 9.96. The van der Waals surface area contributed by atoms with Crippen molar-refractivity contribution in [2.24, 2.45) is 0 Å². The highest BCUT2D eigenvalue weighted by molar-refractivity contribution is 6.19. The third kappa shape index (κ3) is 5.71. The van der Waals surface area contributed by atoms with E-state index in [1.54, 1.807) is 0 Å². The van der Waals surface area contributed by atoms with Gasteiger partial charge in [-0.1, -0.05) is 158 Å². The molecule has 0 fully saturated rings. The van der Waals surface area contributed by atoms with Crippen molar-refractivity contribution in [2.45, 2.75) is 0 Å². The van der Waals surface area contributed by atoms with Crippen LogP contribution in [-0.4, -0.2) is 0 Å². The highest BCUT2D eigenvalue weighted by Crippen LogP contribution is 2.46. The van der Waals surface area contributed by atoms with E-state index in [4.69, 9.17) is 4.42 Å². The quantitative estimate of drug-likeness (QED) is 0.166. The number of anilines is 3. The van der Waals surface area contributed by atoms with Crippen molar-refractivity contribution in [3.05, 3.63) is 212 Å². The van der Waals surface area contributed by atoms with Gasteiger partial charge < -0.3 is 9.32 Å². The SMILES string of the molecule is c1ccc(-c2cccc(-c3ccc(N(c4cc(-c5ccccc5)cc(-c5ccccc5)c4)c4cccc5oc6c7ccccc7ccc6c45)cc3)c2)cc1. The molecule has 54 heavy (non-hydrogen) atoms. The van der Waals surface area contributed by atoms with Crippen LogP contribution in [0, 0.1) is 0 Å². The minimum absolute atomic E-state index is 0.862. The summed E-state index contributed by atoms with van der Waals surface area (Å²) >= 11 is 0. The molecule has 0 unspecified atom stereocenters. The summed E-state index contributed by atoms with van der Waals surface area (Å²) in [6.07, 6.45) is 0. The van der Waals surface area contributed by atoms with Gasteiger partial charge in [0.15, 0.2) is 0 Å². The Hall–Kier alpha value is -7.16. The van der Waals surface area contributed by atoms with Gasteiger partial charge in [0.05, 0.1) is 11.1 Å². The van der Waals surface area contributed by atoms with Crippen LogP contribution in [0.3, 0.4) is 0 Å². The normalized spacial score (nSPS) is 11.3. The fourth-order valence-corrected chi connectivity index (χ4v) is 7.80. The second kappa shape index (κ2) is 13.4. The molecule has 0 amide bonds. The Morgan fingerprint density at radius 2 is 0.833 bits per heavy atom. The number of furan rings is 1. The van der Waals surface area contributed by atoms with E-state index in [1.165, 1.54) is 27.8 Å². The maximum atomic E-state index is 6.71. The number of rotatable bonds is 7. The molecule has 0 aliphatic carbocycles. The molecular weight excluding hydrogens is 655 g/mol. The molecule has 10 aromatic rings. The number of fused-ring (bicyclic) bond motifs is 5. The smallest absolute Gasteiger partial charge is 0.143 e. The van der Waals surface area contributed by atoms with Crippen molar-refractivity contribution in [3.63, 3.8) is 0 Å². The molecule has 0 bridgehead atoms. The molecule has 0 saturated carbocycles. The van der Waals surface area contributed by atoms with Gasteiger partial charge in [-0.3, -0.25) is 0 Å². The van der Waals surface area contributed by atoms with E-state index < -0.39 is 0 Å². The van der Waals surface area contributed by atoms with Gasteiger partial charge >= 0.3 is 0 Å². The van der Waals surface area contributed by atoms with Crippen LogP contribution in [0.15, 0.2) is 217 Å². The van der Waals surface area contributed by atoms with E-state index in [-0.39, 0.29) is 0 Å². The topological polar surface area (TPSA) is 16.4 Å². The Kier molecular flexibility index (Phi) is 7.85. The third-order valence-electron chi connectivity index (χ3n) is 10.4. The summed E-state index contributed by atoms with van der Waals surface area (Å²) in [7, 11) is 0. The summed E-state index contributed by atoms with van der Waals surface area (Å²) in [5.74, 6) is 0. The van der Waals surface area contributed by atoms with Gasteiger partial charge in [-0.2, -0.15) is 0 Å². The lowest BCUT2D eigenvalue weighted by Crippen LogP contribution is -2.10. The molecule has 0 saturated heterocycles. The fraction of sp³-hybridized carbons (Fsp3) is 0. The van der Waals surface area contributed by atoms with Crippen molar-refractivity contribution in [1.29, 1.82) is 0 Å². The molecule has 0 atom stereocenters. The Labute approximate surface area is 314 Å². The fourth-order valence-electron chi connectivity index (χ4n) is 7.80. The van der Waals surface area contributed by atoms with Crippen molar-refractivity contribution in [2.75, 3.05) is 4.90 Å². The summed E-state index contributed by atoms with van der Waals surface area (Å²) in [6, 6.07) is 75.9.